The van der Waals surface area contributed by atoms with Gasteiger partial charge in [-0.25, -0.2) is 14.4 Å². The number of anilines is 1. The zero-order chi connectivity index (χ0) is 13.8. The lowest BCUT2D eigenvalue weighted by Crippen LogP contribution is -2.08. The molecule has 1 N–H and O–H groups in total. The van der Waals surface area contributed by atoms with E-state index in [2.05, 4.69) is 20.4 Å². The number of benzene rings is 1. The topological polar surface area (TPSA) is 55.6 Å². The van der Waals surface area contributed by atoms with Gasteiger partial charge in [0.1, 0.15) is 23.5 Å². The van der Waals surface area contributed by atoms with Crippen LogP contribution in [-0.4, -0.2) is 26.3 Å². The monoisotopic (exact) mass is 271 g/mol. The van der Waals surface area contributed by atoms with Gasteiger partial charge in [0, 0.05) is 30.9 Å². The molecule has 3 aromatic rings. The van der Waals surface area contributed by atoms with Crippen molar-refractivity contribution in [1.29, 1.82) is 0 Å². The van der Waals surface area contributed by atoms with Crippen LogP contribution in [0.3, 0.4) is 0 Å². The first kappa shape index (κ1) is 12.5. The summed E-state index contributed by atoms with van der Waals surface area (Å²) in [5, 5.41) is 8.05. The maximum Gasteiger partial charge on any atom is 0.149 e. The van der Waals surface area contributed by atoms with Gasteiger partial charge in [0.05, 0.1) is 0 Å². The number of rotatable bonds is 5. The number of hydrogen-bond acceptors (Lipinski definition) is 4. The second-order valence-electron chi connectivity index (χ2n) is 4.41. The average molecular weight is 271 g/mol. The third-order valence-corrected chi connectivity index (χ3v) is 3.03. The van der Waals surface area contributed by atoms with Crippen LogP contribution in [-0.2, 0) is 6.54 Å². The number of aryl methyl sites for hydroxylation is 1. The van der Waals surface area contributed by atoms with Gasteiger partial charge in [0.15, 0.2) is 0 Å². The fourth-order valence-corrected chi connectivity index (χ4v) is 2.07. The highest BCUT2D eigenvalue weighted by Crippen LogP contribution is 2.20. The molecule has 0 radical (unpaired) electrons. The molecule has 0 aliphatic carbocycles. The standard InChI is InChI=1S/C14H14FN5/c15-12-5-1-4-11-13(12)17-10-18-14(11)16-6-2-8-20-9-3-7-19-20/h1,3-5,7,9-10H,2,6,8H2,(H,16,17,18). The fourth-order valence-electron chi connectivity index (χ4n) is 2.07. The van der Waals surface area contributed by atoms with E-state index in [9.17, 15) is 4.39 Å². The largest absolute Gasteiger partial charge is 0.369 e. The first-order valence-corrected chi connectivity index (χ1v) is 6.45. The highest BCUT2D eigenvalue weighted by Gasteiger charge is 2.06. The Hall–Kier alpha value is -2.50. The van der Waals surface area contributed by atoms with Crippen LogP contribution in [0.15, 0.2) is 43.0 Å². The molecule has 0 aliphatic rings. The Labute approximate surface area is 115 Å². The molecule has 0 amide bonds. The molecule has 2 heterocycles. The Morgan fingerprint density at radius 1 is 1.20 bits per heavy atom. The minimum Gasteiger partial charge on any atom is -0.369 e. The molecule has 0 unspecified atom stereocenters. The zero-order valence-corrected chi connectivity index (χ0v) is 10.8. The lowest BCUT2D eigenvalue weighted by Gasteiger charge is -2.08. The molecule has 5 nitrogen and oxygen atoms in total. The Kier molecular flexibility index (Phi) is 3.54. The molecular formula is C14H14FN5. The van der Waals surface area contributed by atoms with Crippen molar-refractivity contribution in [2.45, 2.75) is 13.0 Å². The molecule has 0 saturated carbocycles. The predicted octanol–water partition coefficient (Wildman–Crippen LogP) is 2.47. The van der Waals surface area contributed by atoms with Gasteiger partial charge in [0.2, 0.25) is 0 Å². The molecule has 0 saturated heterocycles. The number of para-hydroxylation sites is 1. The molecule has 0 bridgehead atoms. The average Bonchev–Trinajstić information content (AvgIpc) is 2.98. The molecule has 20 heavy (non-hydrogen) atoms. The van der Waals surface area contributed by atoms with E-state index in [0.29, 0.717) is 16.7 Å². The van der Waals surface area contributed by atoms with E-state index in [0.717, 1.165) is 19.5 Å². The van der Waals surface area contributed by atoms with Crippen LogP contribution in [0.5, 0.6) is 0 Å². The summed E-state index contributed by atoms with van der Waals surface area (Å²) < 4.78 is 15.5. The molecule has 0 atom stereocenters. The summed E-state index contributed by atoms with van der Waals surface area (Å²) in [4.78, 5) is 8.14. The molecule has 102 valence electrons. The Balaban J connectivity index is 1.67. The first-order chi connectivity index (χ1) is 9.84. The minimum atomic E-state index is -0.329. The number of fused-ring (bicyclic) bond motifs is 1. The normalized spacial score (nSPS) is 10.8. The lowest BCUT2D eigenvalue weighted by atomic mass is 10.2. The van der Waals surface area contributed by atoms with Gasteiger partial charge in [-0.2, -0.15) is 5.10 Å². The van der Waals surface area contributed by atoms with Crippen molar-refractivity contribution >= 4 is 16.7 Å². The highest BCUT2D eigenvalue weighted by molar-refractivity contribution is 5.89. The van der Waals surface area contributed by atoms with E-state index in [1.165, 1.54) is 12.4 Å². The van der Waals surface area contributed by atoms with Crippen molar-refractivity contribution in [2.75, 3.05) is 11.9 Å². The molecule has 0 spiro atoms. The van der Waals surface area contributed by atoms with Crippen molar-refractivity contribution in [1.82, 2.24) is 19.7 Å². The van der Waals surface area contributed by atoms with Gasteiger partial charge in [0.25, 0.3) is 0 Å². The van der Waals surface area contributed by atoms with Crippen LogP contribution < -0.4 is 5.32 Å². The van der Waals surface area contributed by atoms with Crippen molar-refractivity contribution < 1.29 is 4.39 Å². The van der Waals surface area contributed by atoms with Crippen LogP contribution in [0.2, 0.25) is 0 Å². The number of nitrogens with zero attached hydrogens (tertiary/aromatic N) is 4. The zero-order valence-electron chi connectivity index (χ0n) is 10.8. The van der Waals surface area contributed by atoms with Gasteiger partial charge < -0.3 is 5.32 Å². The Morgan fingerprint density at radius 2 is 2.15 bits per heavy atom. The van der Waals surface area contributed by atoms with Crippen LogP contribution in [0.4, 0.5) is 10.2 Å². The number of aromatic nitrogens is 4. The smallest absolute Gasteiger partial charge is 0.149 e. The van der Waals surface area contributed by atoms with Gasteiger partial charge in [-0.3, -0.25) is 4.68 Å². The summed E-state index contributed by atoms with van der Waals surface area (Å²) in [5.41, 5.74) is 0.345. The van der Waals surface area contributed by atoms with Crippen molar-refractivity contribution in [3.05, 3.63) is 48.8 Å². The summed E-state index contributed by atoms with van der Waals surface area (Å²) in [5.74, 6) is 0.333. The minimum absolute atomic E-state index is 0.329. The third kappa shape index (κ3) is 2.59. The van der Waals surface area contributed by atoms with Crippen LogP contribution in [0.1, 0.15) is 6.42 Å². The second-order valence-corrected chi connectivity index (χ2v) is 4.41. The highest BCUT2D eigenvalue weighted by atomic mass is 19.1. The van der Waals surface area contributed by atoms with E-state index in [1.54, 1.807) is 12.3 Å². The summed E-state index contributed by atoms with van der Waals surface area (Å²) in [6.45, 7) is 1.57. The van der Waals surface area contributed by atoms with Crippen molar-refractivity contribution in [2.24, 2.45) is 0 Å². The summed E-state index contributed by atoms with van der Waals surface area (Å²) in [6.07, 6.45) is 5.97. The van der Waals surface area contributed by atoms with Crippen molar-refractivity contribution in [3.63, 3.8) is 0 Å². The maximum atomic E-state index is 13.6. The molecule has 6 heteroatoms. The van der Waals surface area contributed by atoms with E-state index < -0.39 is 0 Å². The number of halogens is 1. The summed E-state index contributed by atoms with van der Waals surface area (Å²) in [6, 6.07) is 6.77. The SMILES string of the molecule is Fc1cccc2c(NCCCn3cccn3)ncnc12. The lowest BCUT2D eigenvalue weighted by molar-refractivity contribution is 0.591. The Morgan fingerprint density at radius 3 is 3.00 bits per heavy atom. The number of nitrogens with one attached hydrogen (secondary N) is 1. The van der Waals surface area contributed by atoms with Gasteiger partial charge >= 0.3 is 0 Å². The maximum absolute atomic E-state index is 13.6. The van der Waals surface area contributed by atoms with Gasteiger partial charge in [-0.15, -0.1) is 0 Å². The molecule has 2 aromatic heterocycles. The molecule has 3 rings (SSSR count). The summed E-state index contributed by atoms with van der Waals surface area (Å²) in [7, 11) is 0. The quantitative estimate of drug-likeness (QED) is 0.724. The van der Waals surface area contributed by atoms with E-state index in [-0.39, 0.29) is 5.82 Å². The molecule has 1 aromatic carbocycles. The second kappa shape index (κ2) is 5.64. The Bertz CT molecular complexity index is 696. The third-order valence-electron chi connectivity index (χ3n) is 3.03. The van der Waals surface area contributed by atoms with Gasteiger partial charge in [-0.05, 0) is 24.6 Å². The van der Waals surface area contributed by atoms with Crippen LogP contribution in [0, 0.1) is 5.82 Å². The summed E-state index contributed by atoms with van der Waals surface area (Å²) >= 11 is 0. The van der Waals surface area contributed by atoms with Crippen molar-refractivity contribution in [3.8, 4) is 0 Å². The van der Waals surface area contributed by atoms with Gasteiger partial charge in [-0.1, -0.05) is 6.07 Å². The predicted molar refractivity (Wildman–Crippen MR) is 74.8 cm³/mol. The van der Waals surface area contributed by atoms with E-state index in [4.69, 9.17) is 0 Å². The number of hydrogen-bond donors (Lipinski definition) is 1. The van der Waals surface area contributed by atoms with Crippen LogP contribution in [0.25, 0.3) is 10.9 Å². The van der Waals surface area contributed by atoms with E-state index >= 15 is 0 Å². The van der Waals surface area contributed by atoms with E-state index in [1.807, 2.05) is 23.0 Å². The molecular weight excluding hydrogens is 257 g/mol. The van der Waals surface area contributed by atoms with Crippen LogP contribution >= 0.6 is 0 Å². The fraction of sp³-hybridized carbons (Fsp3) is 0.214. The molecule has 0 fully saturated rings. The molecule has 0 aliphatic heterocycles. The first-order valence-electron chi connectivity index (χ1n) is 6.45.